The van der Waals surface area contributed by atoms with Crippen molar-refractivity contribution in [2.75, 3.05) is 14.1 Å². The number of hydrogen-bond donors (Lipinski definition) is 1. The number of H-pyrrole nitrogens is 1. The minimum absolute atomic E-state index is 0.0247. The van der Waals surface area contributed by atoms with Gasteiger partial charge >= 0.3 is 5.76 Å². The highest BCUT2D eigenvalue weighted by atomic mass is 16.5. The third-order valence-corrected chi connectivity index (χ3v) is 6.73. The monoisotopic (exact) mass is 529 g/mol. The summed E-state index contributed by atoms with van der Waals surface area (Å²) < 4.78 is 6.42. The number of benzene rings is 2. The van der Waals surface area contributed by atoms with Crippen LogP contribution in [0, 0.1) is 0 Å². The van der Waals surface area contributed by atoms with Gasteiger partial charge in [-0.15, -0.1) is 0 Å². The number of nitrogens with one attached hydrogen (secondary N) is 1. The standard InChI is InChI=1S/C30H35N5O4/c1-6-7-12-25-31-27(19(2)3)24(17-26(36)34(4)5)29(37)35(25)18-20-13-15-21(16-14-20)22-10-8-9-11-23(22)28-32-30(38)39-33-28/h8-11,13-16,19H,6-7,12,17-18H2,1-5H3,(H,32,33,38). The smallest absolute Gasteiger partial charge is 0.349 e. The molecule has 0 fully saturated rings. The van der Waals surface area contributed by atoms with Crippen molar-refractivity contribution in [1.82, 2.24) is 24.6 Å². The first-order valence-corrected chi connectivity index (χ1v) is 13.3. The van der Waals surface area contributed by atoms with Gasteiger partial charge in [-0.1, -0.05) is 80.9 Å². The van der Waals surface area contributed by atoms with Crippen molar-refractivity contribution in [3.05, 3.63) is 92.1 Å². The van der Waals surface area contributed by atoms with Crippen LogP contribution in [0.3, 0.4) is 0 Å². The number of nitrogens with zero attached hydrogens (tertiary/aromatic N) is 4. The molecule has 0 atom stereocenters. The molecule has 2 aromatic heterocycles. The molecule has 9 nitrogen and oxygen atoms in total. The Labute approximate surface area is 227 Å². The van der Waals surface area contributed by atoms with Crippen molar-refractivity contribution in [3.8, 4) is 22.5 Å². The molecule has 0 aliphatic heterocycles. The SMILES string of the molecule is CCCCc1nc(C(C)C)c(CC(=O)N(C)C)c(=O)n1Cc1ccc(-c2ccccc2-c2noc(=O)[nH]2)cc1. The number of carbonyl (C=O) groups is 1. The lowest BCUT2D eigenvalue weighted by molar-refractivity contribution is -0.128. The number of hydrogen-bond acceptors (Lipinski definition) is 6. The molecule has 0 bridgehead atoms. The number of likely N-dealkylation sites (N-methyl/N-ethyl adjacent to an activating group) is 1. The molecule has 0 aliphatic rings. The van der Waals surface area contributed by atoms with Crippen molar-refractivity contribution >= 4 is 5.91 Å². The summed E-state index contributed by atoms with van der Waals surface area (Å²) in [6.07, 6.45) is 2.62. The van der Waals surface area contributed by atoms with Gasteiger partial charge in [0, 0.05) is 31.6 Å². The normalized spacial score (nSPS) is 11.2. The molecule has 2 aromatic carbocycles. The number of aromatic amines is 1. The van der Waals surface area contributed by atoms with E-state index in [0.717, 1.165) is 40.9 Å². The highest BCUT2D eigenvalue weighted by molar-refractivity contribution is 5.80. The maximum atomic E-state index is 13.8. The van der Waals surface area contributed by atoms with Gasteiger partial charge < -0.3 is 4.90 Å². The average molecular weight is 530 g/mol. The summed E-state index contributed by atoms with van der Waals surface area (Å²) in [5.74, 6) is 0.402. The molecular weight excluding hydrogens is 494 g/mol. The van der Waals surface area contributed by atoms with Gasteiger partial charge in [-0.25, -0.2) is 9.78 Å². The molecule has 39 heavy (non-hydrogen) atoms. The lowest BCUT2D eigenvalue weighted by Crippen LogP contribution is -2.34. The molecule has 4 rings (SSSR count). The summed E-state index contributed by atoms with van der Waals surface area (Å²) in [5, 5.41) is 3.83. The van der Waals surface area contributed by atoms with E-state index in [-0.39, 0.29) is 23.8 Å². The topological polar surface area (TPSA) is 114 Å². The van der Waals surface area contributed by atoms with Crippen LogP contribution in [0.4, 0.5) is 0 Å². The van der Waals surface area contributed by atoms with Gasteiger partial charge in [0.1, 0.15) is 5.82 Å². The lowest BCUT2D eigenvalue weighted by Gasteiger charge is -2.20. The van der Waals surface area contributed by atoms with Gasteiger partial charge in [-0.05, 0) is 29.0 Å². The zero-order valence-corrected chi connectivity index (χ0v) is 23.2. The quantitative estimate of drug-likeness (QED) is 0.326. The van der Waals surface area contributed by atoms with Crippen LogP contribution in [0.15, 0.2) is 62.6 Å². The van der Waals surface area contributed by atoms with Crippen LogP contribution in [0.2, 0.25) is 0 Å². The first-order valence-electron chi connectivity index (χ1n) is 13.3. The Balaban J connectivity index is 1.72. The number of unbranched alkanes of at least 4 members (excludes halogenated alkanes) is 1. The summed E-state index contributed by atoms with van der Waals surface area (Å²) in [6, 6.07) is 15.5. The number of aromatic nitrogens is 4. The van der Waals surface area contributed by atoms with E-state index >= 15 is 0 Å². The number of rotatable bonds is 10. The van der Waals surface area contributed by atoms with E-state index in [9.17, 15) is 14.4 Å². The van der Waals surface area contributed by atoms with Crippen molar-refractivity contribution < 1.29 is 9.32 Å². The second kappa shape index (κ2) is 12.1. The minimum Gasteiger partial charge on any atom is -0.349 e. The van der Waals surface area contributed by atoms with Gasteiger partial charge in [0.2, 0.25) is 5.91 Å². The Morgan fingerprint density at radius 2 is 1.74 bits per heavy atom. The van der Waals surface area contributed by atoms with Crippen LogP contribution in [-0.4, -0.2) is 44.6 Å². The molecule has 1 N–H and O–H groups in total. The van der Waals surface area contributed by atoms with Crippen molar-refractivity contribution in [2.24, 2.45) is 0 Å². The van der Waals surface area contributed by atoms with Crippen LogP contribution in [0.5, 0.6) is 0 Å². The Hall–Kier alpha value is -4.27. The third kappa shape index (κ3) is 6.25. The molecule has 0 saturated heterocycles. The van der Waals surface area contributed by atoms with Crippen molar-refractivity contribution in [1.29, 1.82) is 0 Å². The largest absolute Gasteiger partial charge is 0.439 e. The predicted octanol–water partition coefficient (Wildman–Crippen LogP) is 4.40. The number of carbonyl (C=O) groups excluding carboxylic acids is 1. The minimum atomic E-state index is -0.608. The van der Waals surface area contributed by atoms with Crippen LogP contribution >= 0.6 is 0 Å². The molecule has 204 valence electrons. The average Bonchev–Trinajstić information content (AvgIpc) is 3.36. The highest BCUT2D eigenvalue weighted by Gasteiger charge is 2.22. The van der Waals surface area contributed by atoms with Crippen molar-refractivity contribution in [3.63, 3.8) is 0 Å². The van der Waals surface area contributed by atoms with Crippen LogP contribution < -0.4 is 11.3 Å². The molecule has 0 aliphatic carbocycles. The van der Waals surface area contributed by atoms with Gasteiger partial charge in [-0.3, -0.25) is 23.7 Å². The first kappa shape index (κ1) is 27.8. The van der Waals surface area contributed by atoms with Gasteiger partial charge in [0.05, 0.1) is 18.7 Å². The van der Waals surface area contributed by atoms with Crippen LogP contribution in [-0.2, 0) is 24.2 Å². The summed E-state index contributed by atoms with van der Waals surface area (Å²) in [7, 11) is 3.39. The van der Waals surface area contributed by atoms with Gasteiger partial charge in [-0.2, -0.15) is 0 Å². The van der Waals surface area contributed by atoms with E-state index in [1.807, 2.05) is 62.4 Å². The fourth-order valence-electron chi connectivity index (χ4n) is 4.56. The summed E-state index contributed by atoms with van der Waals surface area (Å²) in [4.78, 5) is 47.0. The van der Waals surface area contributed by atoms with Crippen LogP contribution in [0.1, 0.15) is 62.2 Å². The fraction of sp³-hybridized carbons (Fsp3) is 0.367. The third-order valence-electron chi connectivity index (χ3n) is 6.73. The van der Waals surface area contributed by atoms with E-state index in [4.69, 9.17) is 9.51 Å². The predicted molar refractivity (Wildman–Crippen MR) is 151 cm³/mol. The fourth-order valence-corrected chi connectivity index (χ4v) is 4.56. The molecule has 0 saturated carbocycles. The Kier molecular flexibility index (Phi) is 8.59. The maximum absolute atomic E-state index is 13.8. The molecule has 1 amide bonds. The summed E-state index contributed by atoms with van der Waals surface area (Å²) in [5.41, 5.74) is 4.53. The second-order valence-corrected chi connectivity index (χ2v) is 10.2. The first-order chi connectivity index (χ1) is 18.7. The zero-order valence-electron chi connectivity index (χ0n) is 23.2. The summed E-state index contributed by atoms with van der Waals surface area (Å²) in [6.45, 7) is 6.47. The second-order valence-electron chi connectivity index (χ2n) is 10.2. The Morgan fingerprint density at radius 3 is 2.33 bits per heavy atom. The van der Waals surface area contributed by atoms with Gasteiger partial charge in [0.15, 0.2) is 5.82 Å². The Bertz CT molecular complexity index is 1560. The molecule has 0 radical (unpaired) electrons. The molecule has 0 unspecified atom stereocenters. The van der Waals surface area contributed by atoms with Gasteiger partial charge in [0.25, 0.3) is 5.56 Å². The van der Waals surface area contributed by atoms with E-state index < -0.39 is 5.76 Å². The van der Waals surface area contributed by atoms with Crippen molar-refractivity contribution in [2.45, 2.75) is 58.9 Å². The summed E-state index contributed by atoms with van der Waals surface area (Å²) >= 11 is 0. The van der Waals surface area contributed by atoms with E-state index in [1.165, 1.54) is 4.90 Å². The number of amides is 1. The number of aryl methyl sites for hydroxylation is 1. The Morgan fingerprint density at radius 1 is 1.05 bits per heavy atom. The van der Waals surface area contributed by atoms with E-state index in [0.29, 0.717) is 30.0 Å². The molecular formula is C30H35N5O4. The molecule has 4 aromatic rings. The molecule has 9 heteroatoms. The van der Waals surface area contributed by atoms with Crippen LogP contribution in [0.25, 0.3) is 22.5 Å². The lowest BCUT2D eigenvalue weighted by atomic mass is 9.98. The molecule has 2 heterocycles. The maximum Gasteiger partial charge on any atom is 0.439 e. The molecule has 0 spiro atoms. The van der Waals surface area contributed by atoms with E-state index in [1.54, 1.807) is 18.7 Å². The zero-order chi connectivity index (χ0) is 28.1. The van der Waals surface area contributed by atoms with E-state index in [2.05, 4.69) is 17.1 Å². The highest BCUT2D eigenvalue weighted by Crippen LogP contribution is 2.30.